The second-order valence-electron chi connectivity index (χ2n) is 3.54. The van der Waals surface area contributed by atoms with Gasteiger partial charge >= 0.3 is 0 Å². The van der Waals surface area contributed by atoms with Gasteiger partial charge in [0.1, 0.15) is 0 Å². The molecule has 0 aromatic heterocycles. The molecule has 1 heteroatoms. The van der Waals surface area contributed by atoms with E-state index in [0.29, 0.717) is 5.60 Å². The molecule has 2 aliphatic rings. The van der Waals surface area contributed by atoms with Crippen molar-refractivity contribution in [3.05, 3.63) is 0 Å². The Kier molecular flexibility index (Phi) is 1.10. The fraction of sp³-hybridized carbons (Fsp3) is 1.00. The zero-order valence-corrected chi connectivity index (χ0v) is 6.02. The van der Waals surface area contributed by atoms with E-state index >= 15 is 0 Å². The van der Waals surface area contributed by atoms with Crippen LogP contribution in [0.3, 0.4) is 0 Å². The molecule has 1 aliphatic heterocycles. The van der Waals surface area contributed by atoms with E-state index in [4.69, 9.17) is 4.74 Å². The lowest BCUT2D eigenvalue weighted by atomic mass is 9.93. The molecular formula is C8H14O. The van der Waals surface area contributed by atoms with Crippen molar-refractivity contribution >= 4 is 0 Å². The lowest BCUT2D eigenvalue weighted by Crippen LogP contribution is -2.25. The minimum atomic E-state index is 0.306. The average Bonchev–Trinajstić information content (AvgIpc) is 2.22. The third-order valence-electron chi connectivity index (χ3n) is 2.99. The highest BCUT2D eigenvalue weighted by Crippen LogP contribution is 2.44. The summed E-state index contributed by atoms with van der Waals surface area (Å²) in [5, 5.41) is 0. The van der Waals surface area contributed by atoms with Crippen LogP contribution in [0.25, 0.3) is 0 Å². The number of rotatable bonds is 0. The molecule has 2 fully saturated rings. The van der Waals surface area contributed by atoms with Crippen LogP contribution in [0.15, 0.2) is 0 Å². The summed E-state index contributed by atoms with van der Waals surface area (Å²) in [7, 11) is 0. The van der Waals surface area contributed by atoms with Gasteiger partial charge in [0.05, 0.1) is 5.60 Å². The van der Waals surface area contributed by atoms with E-state index in [1.807, 2.05) is 0 Å². The van der Waals surface area contributed by atoms with E-state index in [0.717, 1.165) is 12.5 Å². The van der Waals surface area contributed by atoms with Gasteiger partial charge in [-0.1, -0.05) is 6.42 Å². The largest absolute Gasteiger partial charge is 0.375 e. The van der Waals surface area contributed by atoms with Crippen LogP contribution in [-0.2, 0) is 4.74 Å². The third kappa shape index (κ3) is 0.710. The van der Waals surface area contributed by atoms with Crippen molar-refractivity contribution < 1.29 is 4.74 Å². The molecule has 2 atom stereocenters. The molecule has 0 bridgehead atoms. The van der Waals surface area contributed by atoms with Crippen LogP contribution >= 0.6 is 0 Å². The molecule has 2 rings (SSSR count). The molecule has 1 nitrogen and oxygen atoms in total. The minimum Gasteiger partial charge on any atom is -0.375 e. The molecule has 1 saturated carbocycles. The van der Waals surface area contributed by atoms with Gasteiger partial charge in [0.2, 0.25) is 0 Å². The molecule has 0 aromatic carbocycles. The van der Waals surface area contributed by atoms with Gasteiger partial charge < -0.3 is 4.74 Å². The Balaban J connectivity index is 2.17. The average molecular weight is 126 g/mol. The SMILES string of the molecule is C[C@]12CCCC1CCO2. The fourth-order valence-corrected chi connectivity index (χ4v) is 2.28. The van der Waals surface area contributed by atoms with Crippen LogP contribution in [0.2, 0.25) is 0 Å². The van der Waals surface area contributed by atoms with Crippen molar-refractivity contribution in [3.8, 4) is 0 Å². The van der Waals surface area contributed by atoms with Crippen LogP contribution in [-0.4, -0.2) is 12.2 Å². The number of hydrogen-bond acceptors (Lipinski definition) is 1. The Morgan fingerprint density at radius 3 is 3.11 bits per heavy atom. The Morgan fingerprint density at radius 2 is 2.33 bits per heavy atom. The molecule has 52 valence electrons. The second-order valence-corrected chi connectivity index (χ2v) is 3.54. The lowest BCUT2D eigenvalue weighted by molar-refractivity contribution is 0.00845. The molecule has 0 aromatic rings. The van der Waals surface area contributed by atoms with E-state index in [1.165, 1.54) is 25.7 Å². The van der Waals surface area contributed by atoms with Gasteiger partial charge in [-0.25, -0.2) is 0 Å². The van der Waals surface area contributed by atoms with Crippen LogP contribution in [0.4, 0.5) is 0 Å². The Hall–Kier alpha value is -0.0400. The van der Waals surface area contributed by atoms with Gasteiger partial charge in [0.15, 0.2) is 0 Å². The Bertz CT molecular complexity index is 110. The molecule has 1 heterocycles. The maximum Gasteiger partial charge on any atom is 0.0683 e. The number of ether oxygens (including phenoxy) is 1. The summed E-state index contributed by atoms with van der Waals surface area (Å²) in [6.07, 6.45) is 5.42. The van der Waals surface area contributed by atoms with Crippen molar-refractivity contribution in [1.29, 1.82) is 0 Å². The van der Waals surface area contributed by atoms with E-state index in [2.05, 4.69) is 6.92 Å². The predicted octanol–water partition coefficient (Wildman–Crippen LogP) is 1.97. The molecular weight excluding hydrogens is 112 g/mol. The maximum atomic E-state index is 5.66. The van der Waals surface area contributed by atoms with Gasteiger partial charge in [-0.3, -0.25) is 0 Å². The van der Waals surface area contributed by atoms with Crippen LogP contribution in [0.1, 0.15) is 32.6 Å². The monoisotopic (exact) mass is 126 g/mol. The predicted molar refractivity (Wildman–Crippen MR) is 36.3 cm³/mol. The maximum absolute atomic E-state index is 5.66. The number of fused-ring (bicyclic) bond motifs is 1. The number of hydrogen-bond donors (Lipinski definition) is 0. The summed E-state index contributed by atoms with van der Waals surface area (Å²) in [5.41, 5.74) is 0.306. The van der Waals surface area contributed by atoms with E-state index in [-0.39, 0.29) is 0 Å². The molecule has 9 heavy (non-hydrogen) atoms. The standard InChI is InChI=1S/C8H14O/c1-8-5-2-3-7(8)4-6-9-8/h7H,2-6H2,1H3/t7?,8-/m0/s1. The Morgan fingerprint density at radius 1 is 1.44 bits per heavy atom. The fourth-order valence-electron chi connectivity index (χ4n) is 2.28. The quantitative estimate of drug-likeness (QED) is 0.482. The first kappa shape index (κ1) is 5.72. The van der Waals surface area contributed by atoms with Gasteiger partial charge in [0, 0.05) is 6.61 Å². The van der Waals surface area contributed by atoms with Gasteiger partial charge in [0.25, 0.3) is 0 Å². The van der Waals surface area contributed by atoms with E-state index < -0.39 is 0 Å². The molecule has 1 aliphatic carbocycles. The van der Waals surface area contributed by atoms with Crippen molar-refractivity contribution in [2.45, 2.75) is 38.2 Å². The molecule has 0 radical (unpaired) electrons. The molecule has 0 amide bonds. The van der Waals surface area contributed by atoms with Crippen molar-refractivity contribution in [2.24, 2.45) is 5.92 Å². The first-order valence-electron chi connectivity index (χ1n) is 3.95. The summed E-state index contributed by atoms with van der Waals surface area (Å²) < 4.78 is 5.66. The summed E-state index contributed by atoms with van der Waals surface area (Å²) in [4.78, 5) is 0. The first-order valence-corrected chi connectivity index (χ1v) is 3.95. The molecule has 1 unspecified atom stereocenters. The van der Waals surface area contributed by atoms with Crippen LogP contribution in [0, 0.1) is 5.92 Å². The zero-order valence-electron chi connectivity index (χ0n) is 6.02. The molecule has 0 spiro atoms. The second kappa shape index (κ2) is 1.72. The Labute approximate surface area is 56.4 Å². The summed E-state index contributed by atoms with van der Waals surface area (Å²) in [6.45, 7) is 3.29. The lowest BCUT2D eigenvalue weighted by Gasteiger charge is -2.21. The third-order valence-corrected chi connectivity index (χ3v) is 2.99. The molecule has 0 N–H and O–H groups in total. The first-order chi connectivity index (χ1) is 4.31. The summed E-state index contributed by atoms with van der Waals surface area (Å²) in [5.74, 6) is 0.900. The van der Waals surface area contributed by atoms with Crippen LogP contribution in [0.5, 0.6) is 0 Å². The molecule has 1 saturated heterocycles. The zero-order chi connectivity index (χ0) is 6.32. The van der Waals surface area contributed by atoms with Crippen LogP contribution < -0.4 is 0 Å². The van der Waals surface area contributed by atoms with Crippen molar-refractivity contribution in [1.82, 2.24) is 0 Å². The van der Waals surface area contributed by atoms with Crippen molar-refractivity contribution in [3.63, 3.8) is 0 Å². The highest BCUT2D eigenvalue weighted by Gasteiger charge is 2.43. The van der Waals surface area contributed by atoms with Gasteiger partial charge in [-0.05, 0) is 32.1 Å². The summed E-state index contributed by atoms with van der Waals surface area (Å²) in [6, 6.07) is 0. The smallest absolute Gasteiger partial charge is 0.0683 e. The highest BCUT2D eigenvalue weighted by molar-refractivity contribution is 4.93. The highest BCUT2D eigenvalue weighted by atomic mass is 16.5. The van der Waals surface area contributed by atoms with E-state index in [9.17, 15) is 0 Å². The van der Waals surface area contributed by atoms with Gasteiger partial charge in [-0.2, -0.15) is 0 Å². The normalized spacial score (nSPS) is 49.7. The summed E-state index contributed by atoms with van der Waals surface area (Å²) >= 11 is 0. The topological polar surface area (TPSA) is 9.23 Å². The minimum absolute atomic E-state index is 0.306. The van der Waals surface area contributed by atoms with E-state index in [1.54, 1.807) is 0 Å². The van der Waals surface area contributed by atoms with Gasteiger partial charge in [-0.15, -0.1) is 0 Å². The van der Waals surface area contributed by atoms with Crippen molar-refractivity contribution in [2.75, 3.05) is 6.61 Å².